The van der Waals surface area contributed by atoms with E-state index in [1.165, 1.54) is 0 Å². The molecular weight excluding hydrogens is 247 g/mol. The van der Waals surface area contributed by atoms with Crippen LogP contribution < -0.4 is 0 Å². The lowest BCUT2D eigenvalue weighted by molar-refractivity contribution is 0.0545. The molecule has 16 heavy (non-hydrogen) atoms. The molecule has 0 saturated carbocycles. The van der Waals surface area contributed by atoms with Crippen LogP contribution in [0.5, 0.6) is 0 Å². The molecule has 1 heterocycles. The van der Waals surface area contributed by atoms with Gasteiger partial charge in [-0.3, -0.25) is 4.79 Å². The first kappa shape index (κ1) is 11.9. The molecule has 1 saturated heterocycles. The topological polar surface area (TPSA) is 26.3 Å². The highest BCUT2D eigenvalue weighted by Crippen LogP contribution is 2.26. The van der Waals surface area contributed by atoms with E-state index >= 15 is 0 Å². The van der Waals surface area contributed by atoms with Crippen LogP contribution in [0.1, 0.15) is 23.2 Å². The lowest BCUT2D eigenvalue weighted by Crippen LogP contribution is -2.23. The van der Waals surface area contributed by atoms with Gasteiger partial charge in [0.05, 0.1) is 10.0 Å². The molecular formula is C12H12Cl2O2. The number of ketones is 1. The van der Waals surface area contributed by atoms with E-state index in [-0.39, 0.29) is 11.7 Å². The summed E-state index contributed by atoms with van der Waals surface area (Å²) in [7, 11) is 0. The van der Waals surface area contributed by atoms with E-state index in [0.29, 0.717) is 28.8 Å². The van der Waals surface area contributed by atoms with Gasteiger partial charge in [0.1, 0.15) is 0 Å². The molecule has 1 aliphatic heterocycles. The third kappa shape index (κ3) is 2.57. The minimum absolute atomic E-state index is 0.0611. The number of benzene rings is 1. The highest BCUT2D eigenvalue weighted by Gasteiger charge is 2.23. The highest BCUT2D eigenvalue weighted by atomic mass is 35.5. The zero-order chi connectivity index (χ0) is 11.5. The summed E-state index contributed by atoms with van der Waals surface area (Å²) in [6, 6.07) is 5.03. The van der Waals surface area contributed by atoms with Crippen LogP contribution in [-0.4, -0.2) is 19.0 Å². The Morgan fingerprint density at radius 1 is 1.19 bits per heavy atom. The van der Waals surface area contributed by atoms with Gasteiger partial charge in [0.15, 0.2) is 5.78 Å². The fourth-order valence-electron chi connectivity index (χ4n) is 1.84. The lowest BCUT2D eigenvalue weighted by atomic mass is 9.91. The molecule has 0 aromatic heterocycles. The summed E-state index contributed by atoms with van der Waals surface area (Å²) in [6.07, 6.45) is 1.58. The van der Waals surface area contributed by atoms with Crippen molar-refractivity contribution in [1.82, 2.24) is 0 Å². The smallest absolute Gasteiger partial charge is 0.166 e. The van der Waals surface area contributed by atoms with Gasteiger partial charge in [-0.25, -0.2) is 0 Å². The first-order valence-electron chi connectivity index (χ1n) is 5.25. The summed E-state index contributed by atoms with van der Waals surface area (Å²) in [5.41, 5.74) is 0.640. The van der Waals surface area contributed by atoms with Gasteiger partial charge < -0.3 is 4.74 Å². The lowest BCUT2D eigenvalue weighted by Gasteiger charge is -2.20. The minimum atomic E-state index is 0.0611. The van der Waals surface area contributed by atoms with Gasteiger partial charge in [0.2, 0.25) is 0 Å². The Morgan fingerprint density at radius 3 is 2.50 bits per heavy atom. The van der Waals surface area contributed by atoms with E-state index in [9.17, 15) is 4.79 Å². The average molecular weight is 259 g/mol. The van der Waals surface area contributed by atoms with Crippen molar-refractivity contribution in [1.29, 1.82) is 0 Å². The van der Waals surface area contributed by atoms with Crippen molar-refractivity contribution in [3.63, 3.8) is 0 Å². The molecule has 0 N–H and O–H groups in total. The van der Waals surface area contributed by atoms with E-state index < -0.39 is 0 Å². The van der Waals surface area contributed by atoms with Gasteiger partial charge in [0, 0.05) is 24.7 Å². The quantitative estimate of drug-likeness (QED) is 0.758. The Bertz CT molecular complexity index is 398. The number of rotatable bonds is 2. The molecule has 0 unspecified atom stereocenters. The molecule has 1 aliphatic rings. The molecule has 4 heteroatoms. The molecule has 0 atom stereocenters. The van der Waals surface area contributed by atoms with Crippen molar-refractivity contribution in [2.24, 2.45) is 5.92 Å². The summed E-state index contributed by atoms with van der Waals surface area (Å²) in [4.78, 5) is 12.1. The third-order valence-corrected chi connectivity index (χ3v) is 3.54. The van der Waals surface area contributed by atoms with Gasteiger partial charge >= 0.3 is 0 Å². The number of carbonyl (C=O) groups is 1. The number of hydrogen-bond acceptors (Lipinski definition) is 2. The molecule has 0 aliphatic carbocycles. The molecule has 2 nitrogen and oxygen atoms in total. The van der Waals surface area contributed by atoms with Crippen molar-refractivity contribution in [2.75, 3.05) is 13.2 Å². The van der Waals surface area contributed by atoms with Crippen LogP contribution >= 0.6 is 23.2 Å². The van der Waals surface area contributed by atoms with Crippen molar-refractivity contribution in [3.05, 3.63) is 33.8 Å². The Kier molecular flexibility index (Phi) is 3.85. The second kappa shape index (κ2) is 5.17. The molecule has 0 radical (unpaired) electrons. The summed E-state index contributed by atoms with van der Waals surface area (Å²) in [6.45, 7) is 1.33. The molecule has 86 valence electrons. The summed E-state index contributed by atoms with van der Waals surface area (Å²) < 4.78 is 5.23. The van der Waals surface area contributed by atoms with Gasteiger partial charge in [-0.15, -0.1) is 0 Å². The van der Waals surface area contributed by atoms with Crippen molar-refractivity contribution in [2.45, 2.75) is 12.8 Å². The van der Waals surface area contributed by atoms with E-state index in [1.54, 1.807) is 18.2 Å². The zero-order valence-electron chi connectivity index (χ0n) is 8.71. The van der Waals surface area contributed by atoms with Crippen molar-refractivity contribution >= 4 is 29.0 Å². The number of halogens is 2. The van der Waals surface area contributed by atoms with Crippen molar-refractivity contribution < 1.29 is 9.53 Å². The molecule has 1 fully saturated rings. The van der Waals surface area contributed by atoms with Crippen LogP contribution in [0, 0.1) is 5.92 Å². The maximum atomic E-state index is 12.1. The first-order chi connectivity index (χ1) is 7.68. The van der Waals surface area contributed by atoms with E-state index in [0.717, 1.165) is 12.8 Å². The minimum Gasteiger partial charge on any atom is -0.381 e. The number of hydrogen-bond donors (Lipinski definition) is 0. The number of ether oxygens (including phenoxy) is 1. The maximum Gasteiger partial charge on any atom is 0.166 e. The van der Waals surface area contributed by atoms with E-state index in [2.05, 4.69) is 0 Å². The standard InChI is InChI=1S/C12H12Cl2O2/c13-10-2-1-9(7-11(10)14)12(15)8-3-5-16-6-4-8/h1-2,7-8H,3-6H2. The Hall–Kier alpha value is -0.570. The first-order valence-corrected chi connectivity index (χ1v) is 6.01. The van der Waals surface area contributed by atoms with Crippen LogP contribution in [0.25, 0.3) is 0 Å². The van der Waals surface area contributed by atoms with Crippen LogP contribution in [-0.2, 0) is 4.74 Å². The monoisotopic (exact) mass is 258 g/mol. The van der Waals surface area contributed by atoms with Crippen LogP contribution in [0.4, 0.5) is 0 Å². The predicted octanol–water partition coefficient (Wildman–Crippen LogP) is 3.60. The van der Waals surface area contributed by atoms with Gasteiger partial charge in [-0.05, 0) is 31.0 Å². The third-order valence-electron chi connectivity index (χ3n) is 2.80. The average Bonchev–Trinajstić information content (AvgIpc) is 2.33. The van der Waals surface area contributed by atoms with Gasteiger partial charge in [0.25, 0.3) is 0 Å². The molecule has 0 bridgehead atoms. The van der Waals surface area contributed by atoms with Gasteiger partial charge in [-0.2, -0.15) is 0 Å². The summed E-state index contributed by atoms with van der Waals surface area (Å²) >= 11 is 11.7. The van der Waals surface area contributed by atoms with E-state index in [1.807, 2.05) is 0 Å². The molecule has 1 aromatic carbocycles. The molecule has 2 rings (SSSR count). The Balaban J connectivity index is 2.16. The highest BCUT2D eigenvalue weighted by molar-refractivity contribution is 6.42. The second-order valence-electron chi connectivity index (χ2n) is 3.88. The Labute approximate surface area is 104 Å². The molecule has 0 spiro atoms. The maximum absolute atomic E-state index is 12.1. The molecule has 0 amide bonds. The summed E-state index contributed by atoms with van der Waals surface area (Å²) in [5.74, 6) is 0.202. The normalized spacial score (nSPS) is 17.4. The fraction of sp³-hybridized carbons (Fsp3) is 0.417. The van der Waals surface area contributed by atoms with E-state index in [4.69, 9.17) is 27.9 Å². The van der Waals surface area contributed by atoms with Crippen molar-refractivity contribution in [3.8, 4) is 0 Å². The van der Waals surface area contributed by atoms with Crippen LogP contribution in [0.3, 0.4) is 0 Å². The molecule has 1 aromatic rings. The number of carbonyl (C=O) groups excluding carboxylic acids is 1. The largest absolute Gasteiger partial charge is 0.381 e. The second-order valence-corrected chi connectivity index (χ2v) is 4.69. The fourth-order valence-corrected chi connectivity index (χ4v) is 2.14. The predicted molar refractivity (Wildman–Crippen MR) is 64.3 cm³/mol. The Morgan fingerprint density at radius 2 is 1.88 bits per heavy atom. The van der Waals surface area contributed by atoms with Crippen LogP contribution in [0.15, 0.2) is 18.2 Å². The summed E-state index contributed by atoms with van der Waals surface area (Å²) in [5, 5.41) is 0.907. The van der Waals surface area contributed by atoms with Gasteiger partial charge in [-0.1, -0.05) is 23.2 Å². The number of Topliss-reactive ketones (excluding diaryl/α,β-unsaturated/α-hetero) is 1. The SMILES string of the molecule is O=C(c1ccc(Cl)c(Cl)c1)C1CCOCC1. The van der Waals surface area contributed by atoms with Crippen LogP contribution in [0.2, 0.25) is 10.0 Å². The zero-order valence-corrected chi connectivity index (χ0v) is 10.2.